The van der Waals surface area contributed by atoms with E-state index in [1.165, 1.54) is 83.8 Å². The highest BCUT2D eigenvalue weighted by Crippen LogP contribution is 2.62. The molecule has 0 unspecified atom stereocenters. The number of rotatable bonds is 11. The smallest absolute Gasteiger partial charge is 0.219 e. The normalized spacial score (nSPS) is 21.9. The topological polar surface area (TPSA) is 26.8 Å². The van der Waals surface area contributed by atoms with Gasteiger partial charge in [0.25, 0.3) is 0 Å². The third kappa shape index (κ3) is 11.1. The molecule has 0 aromatic rings. The molecular weight excluding hydrogens is 502 g/mol. The predicted octanol–water partition coefficient (Wildman–Crippen LogP) is 8.99. The van der Waals surface area contributed by atoms with E-state index in [0.29, 0.717) is 32.5 Å². The van der Waals surface area contributed by atoms with Crippen LogP contribution in [0.15, 0.2) is 0 Å². The molecule has 0 saturated heterocycles. The average Bonchev–Trinajstić information content (AvgIpc) is 3.66. The first-order valence-corrected chi connectivity index (χ1v) is 17.1. The van der Waals surface area contributed by atoms with Gasteiger partial charge >= 0.3 is 0 Å². The molecule has 242 valence electrons. The fourth-order valence-electron chi connectivity index (χ4n) is 6.79. The van der Waals surface area contributed by atoms with Crippen LogP contribution in [0.3, 0.4) is 0 Å². The summed E-state index contributed by atoms with van der Waals surface area (Å²) >= 11 is 0. The fourth-order valence-corrected chi connectivity index (χ4v) is 6.79. The number of nitrogens with zero attached hydrogens (tertiary/aromatic N) is 3. The van der Waals surface area contributed by atoms with Crippen LogP contribution in [0.2, 0.25) is 0 Å². The molecule has 4 rings (SSSR count). The molecule has 4 nitrogen and oxygen atoms in total. The average molecular weight is 576 g/mol. The summed E-state index contributed by atoms with van der Waals surface area (Å²) in [5, 5.41) is 0. The van der Waals surface area contributed by atoms with Crippen LogP contribution < -0.4 is 0 Å². The van der Waals surface area contributed by atoms with Gasteiger partial charge in [0.1, 0.15) is 0 Å². The maximum absolute atomic E-state index is 11.1. The summed E-state index contributed by atoms with van der Waals surface area (Å²) in [6.45, 7) is 27.8. The zero-order valence-corrected chi connectivity index (χ0v) is 30.4. The number of carbonyl (C=O) groups excluding carboxylic acids is 1. The van der Waals surface area contributed by atoms with Crippen LogP contribution in [-0.2, 0) is 4.79 Å². The Labute approximate surface area is 257 Å². The van der Waals surface area contributed by atoms with Crippen LogP contribution in [-0.4, -0.2) is 75.0 Å². The number of hydrogen-bond donors (Lipinski definition) is 0. The van der Waals surface area contributed by atoms with Gasteiger partial charge in [-0.25, -0.2) is 0 Å². The summed E-state index contributed by atoms with van der Waals surface area (Å²) in [5.41, 5.74) is 3.31. The molecule has 0 heterocycles. The van der Waals surface area contributed by atoms with Crippen molar-refractivity contribution in [3.63, 3.8) is 0 Å². The van der Waals surface area contributed by atoms with Crippen molar-refractivity contribution < 1.29 is 4.79 Å². The SMILES string of the molecule is CC(=O)N(C)CCC1(C(C)(C)C)CC1.CN(C)CCC1(C(C)(C)C)CC1.CN(CCC1(C(C)(C)C)CC1)CC1CC1. The maximum atomic E-state index is 11.1. The van der Waals surface area contributed by atoms with E-state index in [4.69, 9.17) is 0 Å². The summed E-state index contributed by atoms with van der Waals surface area (Å²) in [7, 11) is 8.52. The molecule has 0 aromatic heterocycles. The molecule has 0 atom stereocenters. The van der Waals surface area contributed by atoms with E-state index < -0.39 is 0 Å². The Morgan fingerprint density at radius 2 is 0.951 bits per heavy atom. The molecule has 4 heteroatoms. The lowest BCUT2D eigenvalue weighted by Gasteiger charge is -2.32. The minimum atomic E-state index is 0.176. The van der Waals surface area contributed by atoms with Crippen LogP contribution >= 0.6 is 0 Å². The Kier molecular flexibility index (Phi) is 12.1. The quantitative estimate of drug-likeness (QED) is 0.246. The van der Waals surface area contributed by atoms with Crippen LogP contribution in [0, 0.1) is 38.4 Å². The van der Waals surface area contributed by atoms with Crippen molar-refractivity contribution in [2.24, 2.45) is 38.4 Å². The molecule has 41 heavy (non-hydrogen) atoms. The lowest BCUT2D eigenvalue weighted by atomic mass is 9.75. The first-order chi connectivity index (χ1) is 18.6. The van der Waals surface area contributed by atoms with Crippen molar-refractivity contribution in [3.05, 3.63) is 0 Å². The van der Waals surface area contributed by atoms with E-state index in [1.54, 1.807) is 6.92 Å². The fraction of sp³-hybridized carbons (Fsp3) is 0.973. The van der Waals surface area contributed by atoms with E-state index in [2.05, 4.69) is 93.3 Å². The summed E-state index contributed by atoms with van der Waals surface area (Å²) in [6, 6.07) is 0. The highest BCUT2D eigenvalue weighted by atomic mass is 16.2. The van der Waals surface area contributed by atoms with Crippen molar-refractivity contribution in [2.75, 3.05) is 54.4 Å². The van der Waals surface area contributed by atoms with Gasteiger partial charge in [-0.15, -0.1) is 0 Å². The molecule has 4 aliphatic carbocycles. The highest BCUT2D eigenvalue weighted by molar-refractivity contribution is 5.72. The number of hydrogen-bond acceptors (Lipinski definition) is 3. The van der Waals surface area contributed by atoms with Gasteiger partial charge in [0.2, 0.25) is 5.91 Å². The summed E-state index contributed by atoms with van der Waals surface area (Å²) in [6.07, 6.45) is 15.4. The monoisotopic (exact) mass is 576 g/mol. The van der Waals surface area contributed by atoms with E-state index >= 15 is 0 Å². The molecular formula is C37H73N3O. The molecule has 0 spiro atoms. The van der Waals surface area contributed by atoms with E-state index in [-0.39, 0.29) is 5.91 Å². The Hall–Kier alpha value is -0.610. The van der Waals surface area contributed by atoms with Crippen molar-refractivity contribution in [1.29, 1.82) is 0 Å². The van der Waals surface area contributed by atoms with E-state index in [0.717, 1.165) is 18.9 Å². The van der Waals surface area contributed by atoms with E-state index in [1.807, 2.05) is 11.9 Å². The zero-order valence-electron chi connectivity index (χ0n) is 30.4. The van der Waals surface area contributed by atoms with Gasteiger partial charge in [0.15, 0.2) is 0 Å². The molecule has 0 aromatic carbocycles. The van der Waals surface area contributed by atoms with Gasteiger partial charge in [-0.1, -0.05) is 62.3 Å². The van der Waals surface area contributed by atoms with Crippen LogP contribution in [0.4, 0.5) is 0 Å². The maximum Gasteiger partial charge on any atom is 0.219 e. The summed E-state index contributed by atoms with van der Waals surface area (Å²) in [4.78, 5) is 17.7. The van der Waals surface area contributed by atoms with Crippen LogP contribution in [0.25, 0.3) is 0 Å². The second-order valence-corrected chi connectivity index (χ2v) is 18.3. The van der Waals surface area contributed by atoms with Gasteiger partial charge in [-0.3, -0.25) is 4.79 Å². The summed E-state index contributed by atoms with van der Waals surface area (Å²) in [5.74, 6) is 1.22. The molecule has 4 fully saturated rings. The van der Waals surface area contributed by atoms with Crippen molar-refractivity contribution in [2.45, 2.75) is 140 Å². The number of carbonyl (C=O) groups is 1. The highest BCUT2D eigenvalue weighted by Gasteiger charge is 2.52. The van der Waals surface area contributed by atoms with Gasteiger partial charge < -0.3 is 14.7 Å². The lowest BCUT2D eigenvalue weighted by Crippen LogP contribution is -2.30. The minimum absolute atomic E-state index is 0.176. The number of amides is 1. The molecule has 4 saturated carbocycles. The molecule has 0 radical (unpaired) electrons. The van der Waals surface area contributed by atoms with Crippen LogP contribution in [0.1, 0.15) is 140 Å². The van der Waals surface area contributed by atoms with Gasteiger partial charge in [-0.2, -0.15) is 0 Å². The van der Waals surface area contributed by atoms with E-state index in [9.17, 15) is 4.79 Å². The molecule has 0 N–H and O–H groups in total. The molecule has 1 amide bonds. The first-order valence-electron chi connectivity index (χ1n) is 17.1. The third-order valence-electron chi connectivity index (χ3n) is 12.1. The Morgan fingerprint density at radius 1 is 0.610 bits per heavy atom. The Morgan fingerprint density at radius 3 is 1.22 bits per heavy atom. The molecule has 0 aliphatic heterocycles. The van der Waals surface area contributed by atoms with Gasteiger partial charge in [-0.05, 0) is 143 Å². The van der Waals surface area contributed by atoms with Gasteiger partial charge in [0.05, 0.1) is 0 Å². The third-order valence-corrected chi connectivity index (χ3v) is 12.1. The molecule has 0 bridgehead atoms. The Balaban J connectivity index is 0.000000217. The Bertz CT molecular complexity index is 809. The van der Waals surface area contributed by atoms with Crippen LogP contribution in [0.5, 0.6) is 0 Å². The lowest BCUT2D eigenvalue weighted by molar-refractivity contribution is -0.127. The zero-order chi connectivity index (χ0) is 31.5. The van der Waals surface area contributed by atoms with Gasteiger partial charge in [0, 0.05) is 27.1 Å². The second-order valence-electron chi connectivity index (χ2n) is 18.3. The predicted molar refractivity (Wildman–Crippen MR) is 179 cm³/mol. The largest absolute Gasteiger partial charge is 0.346 e. The van der Waals surface area contributed by atoms with Crippen molar-refractivity contribution in [1.82, 2.24) is 14.7 Å². The molecule has 4 aliphatic rings. The first kappa shape index (κ1) is 36.6. The second kappa shape index (κ2) is 13.6. The van der Waals surface area contributed by atoms with Crippen molar-refractivity contribution in [3.8, 4) is 0 Å². The van der Waals surface area contributed by atoms with Crippen molar-refractivity contribution >= 4 is 5.91 Å². The standard InChI is InChI=1S/C14H27N.C12H23NO.C11H23N/c1-13(2,3)14(7-8-14)9-10-15(4)11-12-5-6-12;1-10(14)13(5)9-8-12(6-7-12)11(2,3)4;1-10(2,3)11(6-7-11)8-9-12(4)5/h12H,5-11H2,1-4H3;6-9H2,1-5H3;6-9H2,1-5H3. The minimum Gasteiger partial charge on any atom is -0.346 e. The summed E-state index contributed by atoms with van der Waals surface area (Å²) < 4.78 is 0.